The molecule has 1 aliphatic rings. The molecule has 0 radical (unpaired) electrons. The van der Waals surface area contributed by atoms with Gasteiger partial charge in [-0.1, -0.05) is 38.1 Å². The maximum absolute atomic E-state index is 13.2. The van der Waals surface area contributed by atoms with Crippen LogP contribution in [0.1, 0.15) is 54.1 Å². The quantitative estimate of drug-likeness (QED) is 0.714. The van der Waals surface area contributed by atoms with E-state index in [0.717, 1.165) is 18.4 Å². The summed E-state index contributed by atoms with van der Waals surface area (Å²) in [6.45, 7) is 4.80. The number of carbonyl (C=O) groups excluding carboxylic acids is 1. The number of nitrogens with one attached hydrogen (secondary N) is 1. The minimum Gasteiger partial charge on any atom is -0.495 e. The second kappa shape index (κ2) is 8.55. The number of ether oxygens (including phenoxy) is 1. The molecule has 3 rings (SSSR count). The Labute approximate surface area is 172 Å². The molecule has 156 valence electrons. The summed E-state index contributed by atoms with van der Waals surface area (Å²) in [5.74, 6) is 0.492. The number of methoxy groups -OCH3 is 1. The minimum absolute atomic E-state index is 0.0367. The molecule has 0 bridgehead atoms. The topological polar surface area (TPSA) is 75.7 Å². The van der Waals surface area contributed by atoms with Gasteiger partial charge in [0.05, 0.1) is 7.11 Å². The van der Waals surface area contributed by atoms with Gasteiger partial charge in [-0.2, -0.15) is 0 Å². The highest BCUT2D eigenvalue weighted by atomic mass is 32.2. The lowest BCUT2D eigenvalue weighted by Gasteiger charge is -2.23. The van der Waals surface area contributed by atoms with Crippen LogP contribution in [0, 0.1) is 0 Å². The predicted octanol–water partition coefficient (Wildman–Crippen LogP) is 3.53. The Hall–Kier alpha value is -2.38. The molecule has 0 spiro atoms. The fourth-order valence-electron chi connectivity index (χ4n) is 3.25. The molecule has 0 unspecified atom stereocenters. The Morgan fingerprint density at radius 1 is 1.17 bits per heavy atom. The number of carbonyl (C=O) groups is 1. The van der Waals surface area contributed by atoms with E-state index in [-0.39, 0.29) is 22.6 Å². The molecule has 0 aromatic heterocycles. The van der Waals surface area contributed by atoms with Crippen LogP contribution in [-0.4, -0.2) is 39.4 Å². The maximum Gasteiger partial charge on any atom is 0.254 e. The number of hydrogen-bond donors (Lipinski definition) is 1. The normalized spacial score (nSPS) is 14.1. The first-order valence-electron chi connectivity index (χ1n) is 9.78. The summed E-state index contributed by atoms with van der Waals surface area (Å²) in [6.07, 6.45) is 1.93. The summed E-state index contributed by atoms with van der Waals surface area (Å²) in [4.78, 5) is 15.0. The lowest BCUT2D eigenvalue weighted by atomic mass is 10.0. The van der Waals surface area contributed by atoms with Crippen molar-refractivity contribution in [2.45, 2.75) is 50.1 Å². The average molecular weight is 417 g/mol. The van der Waals surface area contributed by atoms with Crippen LogP contribution >= 0.6 is 0 Å². The van der Waals surface area contributed by atoms with E-state index in [2.05, 4.69) is 42.8 Å². The number of hydrogen-bond acceptors (Lipinski definition) is 4. The highest BCUT2D eigenvalue weighted by Crippen LogP contribution is 2.32. The van der Waals surface area contributed by atoms with Crippen LogP contribution < -0.4 is 9.46 Å². The van der Waals surface area contributed by atoms with Gasteiger partial charge in [0.1, 0.15) is 10.6 Å². The standard InChI is InChI=1S/C22H28N2O4S/c1-15(2)17-7-5-16(6-8-17)14-24(19-10-11-19)22(25)18-9-12-20(28-4)21(13-18)29(26,27)23-3/h5-9,12-13,15,19,23H,10-11,14H2,1-4H3. The van der Waals surface area contributed by atoms with Crippen LogP contribution in [0.4, 0.5) is 0 Å². The van der Waals surface area contributed by atoms with Crippen LogP contribution in [0.2, 0.25) is 0 Å². The third-order valence-electron chi connectivity index (χ3n) is 5.22. The number of sulfonamides is 1. The third kappa shape index (κ3) is 4.79. The molecule has 2 aromatic rings. The zero-order chi connectivity index (χ0) is 21.2. The Kier molecular flexibility index (Phi) is 6.29. The molecule has 0 heterocycles. The molecule has 1 amide bonds. The van der Waals surface area contributed by atoms with Gasteiger partial charge in [-0.15, -0.1) is 0 Å². The maximum atomic E-state index is 13.2. The van der Waals surface area contributed by atoms with Crippen LogP contribution in [0.15, 0.2) is 47.4 Å². The van der Waals surface area contributed by atoms with Crippen molar-refractivity contribution in [3.63, 3.8) is 0 Å². The molecule has 0 atom stereocenters. The number of rotatable bonds is 8. The Bertz CT molecular complexity index is 980. The monoisotopic (exact) mass is 416 g/mol. The van der Waals surface area contributed by atoms with Gasteiger partial charge in [0.15, 0.2) is 0 Å². The fourth-order valence-corrected chi connectivity index (χ4v) is 4.17. The summed E-state index contributed by atoms with van der Waals surface area (Å²) < 4.78 is 32.1. The van der Waals surface area contributed by atoms with Gasteiger partial charge in [0, 0.05) is 18.2 Å². The lowest BCUT2D eigenvalue weighted by molar-refractivity contribution is 0.0729. The smallest absolute Gasteiger partial charge is 0.254 e. The van der Waals surface area contributed by atoms with Crippen molar-refractivity contribution in [1.29, 1.82) is 0 Å². The van der Waals surface area contributed by atoms with E-state index in [9.17, 15) is 13.2 Å². The molecule has 1 fully saturated rings. The SMILES string of the molecule is CNS(=O)(=O)c1cc(C(=O)N(Cc2ccc(C(C)C)cc2)C2CC2)ccc1OC. The molecule has 29 heavy (non-hydrogen) atoms. The largest absolute Gasteiger partial charge is 0.495 e. The van der Waals surface area contributed by atoms with Crippen molar-refractivity contribution in [2.24, 2.45) is 0 Å². The van der Waals surface area contributed by atoms with Gasteiger partial charge >= 0.3 is 0 Å². The Morgan fingerprint density at radius 2 is 1.83 bits per heavy atom. The zero-order valence-corrected chi connectivity index (χ0v) is 18.1. The van der Waals surface area contributed by atoms with Gasteiger partial charge in [-0.25, -0.2) is 13.1 Å². The van der Waals surface area contributed by atoms with Crippen molar-refractivity contribution >= 4 is 15.9 Å². The predicted molar refractivity (Wildman–Crippen MR) is 113 cm³/mol. The zero-order valence-electron chi connectivity index (χ0n) is 17.3. The number of amides is 1. The molecule has 1 N–H and O–H groups in total. The summed E-state index contributed by atoms with van der Waals surface area (Å²) in [5.41, 5.74) is 2.66. The van der Waals surface area contributed by atoms with Gasteiger partial charge < -0.3 is 9.64 Å². The van der Waals surface area contributed by atoms with E-state index >= 15 is 0 Å². The van der Waals surface area contributed by atoms with E-state index < -0.39 is 10.0 Å². The summed E-state index contributed by atoms with van der Waals surface area (Å²) in [5, 5.41) is 0. The first-order valence-corrected chi connectivity index (χ1v) is 11.3. The highest BCUT2D eigenvalue weighted by Gasteiger charge is 2.33. The molecule has 1 saturated carbocycles. The van der Waals surface area contributed by atoms with E-state index in [0.29, 0.717) is 18.0 Å². The third-order valence-corrected chi connectivity index (χ3v) is 6.65. The molecule has 6 nitrogen and oxygen atoms in total. The second-order valence-corrected chi connectivity index (χ2v) is 9.49. The van der Waals surface area contributed by atoms with Crippen molar-refractivity contribution in [2.75, 3.05) is 14.2 Å². The molecular weight excluding hydrogens is 388 g/mol. The van der Waals surface area contributed by atoms with E-state index in [1.807, 2.05) is 4.90 Å². The summed E-state index contributed by atoms with van der Waals surface area (Å²) >= 11 is 0. The average Bonchev–Trinajstić information content (AvgIpc) is 3.56. The van der Waals surface area contributed by atoms with Gasteiger partial charge in [0.2, 0.25) is 10.0 Å². The molecule has 0 saturated heterocycles. The van der Waals surface area contributed by atoms with Crippen molar-refractivity contribution in [3.8, 4) is 5.75 Å². The van der Waals surface area contributed by atoms with Crippen LogP contribution in [0.5, 0.6) is 5.75 Å². The summed E-state index contributed by atoms with van der Waals surface area (Å²) in [6, 6.07) is 13.0. The van der Waals surface area contributed by atoms with Crippen LogP contribution in [0.25, 0.3) is 0 Å². The van der Waals surface area contributed by atoms with Gasteiger partial charge in [0.25, 0.3) is 5.91 Å². The molecular formula is C22H28N2O4S. The van der Waals surface area contributed by atoms with Crippen LogP contribution in [-0.2, 0) is 16.6 Å². The van der Waals surface area contributed by atoms with E-state index in [1.165, 1.54) is 31.9 Å². The second-order valence-electron chi connectivity index (χ2n) is 7.63. The van der Waals surface area contributed by atoms with Crippen molar-refractivity contribution in [3.05, 3.63) is 59.2 Å². The Morgan fingerprint density at radius 3 is 2.34 bits per heavy atom. The number of nitrogens with zero attached hydrogens (tertiary/aromatic N) is 1. The van der Waals surface area contributed by atoms with Gasteiger partial charge in [-0.3, -0.25) is 4.79 Å². The molecule has 2 aromatic carbocycles. The first-order chi connectivity index (χ1) is 13.8. The van der Waals surface area contributed by atoms with E-state index in [1.54, 1.807) is 6.07 Å². The minimum atomic E-state index is -3.74. The molecule has 7 heteroatoms. The van der Waals surface area contributed by atoms with Crippen molar-refractivity contribution in [1.82, 2.24) is 9.62 Å². The highest BCUT2D eigenvalue weighted by molar-refractivity contribution is 7.89. The summed E-state index contributed by atoms with van der Waals surface area (Å²) in [7, 11) is -1.01. The van der Waals surface area contributed by atoms with E-state index in [4.69, 9.17) is 4.74 Å². The van der Waals surface area contributed by atoms with Gasteiger partial charge in [-0.05, 0) is 55.1 Å². The number of benzene rings is 2. The first kappa shape index (κ1) is 21.3. The van der Waals surface area contributed by atoms with Crippen LogP contribution in [0.3, 0.4) is 0 Å². The Balaban J connectivity index is 1.89. The lowest BCUT2D eigenvalue weighted by Crippen LogP contribution is -2.33. The van der Waals surface area contributed by atoms with Crippen molar-refractivity contribution < 1.29 is 17.9 Å². The fraction of sp³-hybridized carbons (Fsp3) is 0.409. The molecule has 0 aliphatic heterocycles. The molecule has 1 aliphatic carbocycles.